The minimum Gasteiger partial charge on any atom is -0.492 e. The van der Waals surface area contributed by atoms with Crippen LogP contribution in [0.25, 0.3) is 0 Å². The average Bonchev–Trinajstić information content (AvgIpc) is 2.75. The molecule has 1 aliphatic rings. The molecule has 0 saturated carbocycles. The summed E-state index contributed by atoms with van der Waals surface area (Å²) in [5.41, 5.74) is 1.46. The van der Waals surface area contributed by atoms with Gasteiger partial charge in [-0.15, -0.1) is 0 Å². The lowest BCUT2D eigenvalue weighted by Gasteiger charge is -2.19. The molecule has 0 heterocycles. The zero-order chi connectivity index (χ0) is 22.2. The number of aromatic carboxylic acids is 1. The molecule has 0 aliphatic heterocycles. The van der Waals surface area contributed by atoms with Crippen molar-refractivity contribution in [2.75, 3.05) is 18.3 Å². The van der Waals surface area contributed by atoms with Gasteiger partial charge in [0.05, 0.1) is 29.5 Å². The Morgan fingerprint density at radius 3 is 2.52 bits per heavy atom. The fourth-order valence-electron chi connectivity index (χ4n) is 2.73. The zero-order valence-electron chi connectivity index (χ0n) is 16.5. The summed E-state index contributed by atoms with van der Waals surface area (Å²) in [4.78, 5) is 11.0. The first kappa shape index (κ1) is 22.7. The van der Waals surface area contributed by atoms with E-state index >= 15 is 0 Å². The highest BCUT2D eigenvalue weighted by Gasteiger charge is 2.12. The molecule has 7 nitrogen and oxygen atoms in total. The van der Waals surface area contributed by atoms with Gasteiger partial charge < -0.3 is 14.6 Å². The first-order valence-corrected chi connectivity index (χ1v) is 10.2. The number of hydrazone groups is 1. The normalized spacial score (nSPS) is 14.0. The Hall–Kier alpha value is -3.00. The summed E-state index contributed by atoms with van der Waals surface area (Å²) in [6, 6.07) is 9.45. The Morgan fingerprint density at radius 2 is 1.84 bits per heavy atom. The van der Waals surface area contributed by atoms with Gasteiger partial charge in [-0.1, -0.05) is 41.4 Å². The number of hydrogen-bond acceptors (Lipinski definition) is 6. The standard InChI is InChI=1S/C22H21Cl2N3O4/c23-16-8-10-21(19(14-16)27(25)26-17-5-2-1-3-6-17)31-12-4-11-30-20-9-7-15(22(28)29)13-18(20)24/h1-3,5,7-10,13-14H,4,6,11-12,25H2,(H,28,29)/b26-17-. The van der Waals surface area contributed by atoms with E-state index in [-0.39, 0.29) is 10.6 Å². The van der Waals surface area contributed by atoms with Crippen LogP contribution in [-0.4, -0.2) is 30.0 Å². The lowest BCUT2D eigenvalue weighted by atomic mass is 10.2. The molecule has 0 amide bonds. The number of ether oxygens (including phenoxy) is 2. The molecule has 0 unspecified atom stereocenters. The molecule has 162 valence electrons. The van der Waals surface area contributed by atoms with Gasteiger partial charge in [-0.05, 0) is 42.5 Å². The first-order chi connectivity index (χ1) is 14.9. The third-order valence-electron chi connectivity index (χ3n) is 4.25. The minimum absolute atomic E-state index is 0.102. The van der Waals surface area contributed by atoms with Gasteiger partial charge in [-0.2, -0.15) is 10.2 Å². The van der Waals surface area contributed by atoms with Gasteiger partial charge in [0.15, 0.2) is 0 Å². The van der Waals surface area contributed by atoms with Crippen LogP contribution in [-0.2, 0) is 0 Å². The number of carboxylic acid groups (broad SMARTS) is 1. The molecule has 2 aromatic carbocycles. The average molecular weight is 462 g/mol. The van der Waals surface area contributed by atoms with E-state index < -0.39 is 5.97 Å². The molecule has 0 aromatic heterocycles. The molecule has 0 fully saturated rings. The topological polar surface area (TPSA) is 97.4 Å². The number of nitrogens with two attached hydrogens (primary N) is 1. The molecule has 31 heavy (non-hydrogen) atoms. The Morgan fingerprint density at radius 1 is 1.10 bits per heavy atom. The number of allylic oxidation sites excluding steroid dienone is 4. The van der Waals surface area contributed by atoms with Crippen molar-refractivity contribution in [3.8, 4) is 11.5 Å². The number of benzene rings is 2. The van der Waals surface area contributed by atoms with Crippen molar-refractivity contribution in [3.63, 3.8) is 0 Å². The molecular formula is C22H21Cl2N3O4. The summed E-state index contributed by atoms with van der Waals surface area (Å²) in [5, 5.41) is 15.4. The highest BCUT2D eigenvalue weighted by atomic mass is 35.5. The summed E-state index contributed by atoms with van der Waals surface area (Å²) in [6.45, 7) is 0.688. The molecule has 0 saturated heterocycles. The Balaban J connectivity index is 1.55. The molecule has 0 radical (unpaired) electrons. The van der Waals surface area contributed by atoms with Crippen LogP contribution in [0.3, 0.4) is 0 Å². The number of halogens is 2. The van der Waals surface area contributed by atoms with Crippen molar-refractivity contribution >= 4 is 40.6 Å². The van der Waals surface area contributed by atoms with E-state index in [0.717, 1.165) is 5.71 Å². The molecule has 2 aromatic rings. The fraction of sp³-hybridized carbons (Fsp3) is 0.182. The zero-order valence-corrected chi connectivity index (χ0v) is 18.0. The van der Waals surface area contributed by atoms with Crippen LogP contribution in [0.1, 0.15) is 23.2 Å². The smallest absolute Gasteiger partial charge is 0.335 e. The second-order valence-corrected chi connectivity index (χ2v) is 7.38. The second kappa shape index (κ2) is 10.9. The molecule has 3 N–H and O–H groups in total. The quantitative estimate of drug-likeness (QED) is 0.306. The Labute approximate surface area is 189 Å². The van der Waals surface area contributed by atoms with Gasteiger partial charge in [-0.3, -0.25) is 0 Å². The summed E-state index contributed by atoms with van der Waals surface area (Å²) >= 11 is 12.2. The third-order valence-corrected chi connectivity index (χ3v) is 4.78. The van der Waals surface area contributed by atoms with Crippen molar-refractivity contribution in [2.45, 2.75) is 12.8 Å². The number of carboxylic acids is 1. The lowest BCUT2D eigenvalue weighted by molar-refractivity contribution is 0.0697. The van der Waals surface area contributed by atoms with Crippen molar-refractivity contribution in [1.82, 2.24) is 0 Å². The molecule has 3 rings (SSSR count). The maximum absolute atomic E-state index is 11.0. The number of hydrazine groups is 1. The van der Waals surface area contributed by atoms with Gasteiger partial charge in [0.1, 0.15) is 17.2 Å². The van der Waals surface area contributed by atoms with Crippen LogP contribution >= 0.6 is 23.2 Å². The summed E-state index contributed by atoms with van der Waals surface area (Å²) in [6.07, 6.45) is 8.97. The van der Waals surface area contributed by atoms with Crippen LogP contribution in [0, 0.1) is 0 Å². The predicted molar refractivity (Wildman–Crippen MR) is 122 cm³/mol. The maximum atomic E-state index is 11.0. The Bertz CT molecular complexity index is 1040. The third kappa shape index (κ3) is 6.49. The first-order valence-electron chi connectivity index (χ1n) is 9.47. The van der Waals surface area contributed by atoms with E-state index in [4.69, 9.17) is 43.6 Å². The van der Waals surface area contributed by atoms with Crippen molar-refractivity contribution < 1.29 is 19.4 Å². The summed E-state index contributed by atoms with van der Waals surface area (Å²) in [7, 11) is 0. The number of rotatable bonds is 9. The van der Waals surface area contributed by atoms with E-state index in [9.17, 15) is 4.79 Å². The fourth-order valence-corrected chi connectivity index (χ4v) is 3.14. The molecule has 1 aliphatic carbocycles. The highest BCUT2D eigenvalue weighted by molar-refractivity contribution is 6.32. The number of nitrogens with zero attached hydrogens (tertiary/aromatic N) is 2. The van der Waals surface area contributed by atoms with E-state index in [2.05, 4.69) is 5.10 Å². The lowest BCUT2D eigenvalue weighted by Crippen LogP contribution is -2.27. The van der Waals surface area contributed by atoms with Gasteiger partial charge in [-0.25, -0.2) is 10.6 Å². The maximum Gasteiger partial charge on any atom is 0.335 e. The van der Waals surface area contributed by atoms with Crippen molar-refractivity contribution in [1.29, 1.82) is 0 Å². The largest absolute Gasteiger partial charge is 0.492 e. The number of carbonyl (C=O) groups is 1. The predicted octanol–water partition coefficient (Wildman–Crippen LogP) is 5.09. The van der Waals surface area contributed by atoms with Gasteiger partial charge in [0, 0.05) is 17.9 Å². The van der Waals surface area contributed by atoms with Gasteiger partial charge in [0.2, 0.25) is 0 Å². The summed E-state index contributed by atoms with van der Waals surface area (Å²) < 4.78 is 11.5. The van der Waals surface area contributed by atoms with Crippen LogP contribution in [0.2, 0.25) is 10.0 Å². The second-order valence-electron chi connectivity index (χ2n) is 6.54. The minimum atomic E-state index is -1.05. The van der Waals surface area contributed by atoms with Crippen LogP contribution in [0.4, 0.5) is 5.69 Å². The van der Waals surface area contributed by atoms with E-state index in [1.54, 1.807) is 18.2 Å². The SMILES string of the molecule is NN(/N=C1/C=CC=CC1)c1cc(Cl)ccc1OCCCOc1ccc(C(=O)O)cc1Cl. The van der Waals surface area contributed by atoms with Crippen molar-refractivity contribution in [3.05, 3.63) is 76.3 Å². The van der Waals surface area contributed by atoms with Crippen LogP contribution in [0.5, 0.6) is 11.5 Å². The highest BCUT2D eigenvalue weighted by Crippen LogP contribution is 2.31. The Kier molecular flexibility index (Phi) is 7.94. The van der Waals surface area contributed by atoms with E-state index in [0.29, 0.717) is 48.3 Å². The molecular weight excluding hydrogens is 441 g/mol. The van der Waals surface area contributed by atoms with Crippen molar-refractivity contribution in [2.24, 2.45) is 10.9 Å². The summed E-state index contributed by atoms with van der Waals surface area (Å²) in [5.74, 6) is 6.03. The molecule has 0 spiro atoms. The van der Waals surface area contributed by atoms with E-state index in [1.165, 1.54) is 23.3 Å². The monoisotopic (exact) mass is 461 g/mol. The van der Waals surface area contributed by atoms with Crippen LogP contribution < -0.4 is 20.4 Å². The molecule has 0 bridgehead atoms. The van der Waals surface area contributed by atoms with Gasteiger partial charge >= 0.3 is 5.97 Å². The van der Waals surface area contributed by atoms with Gasteiger partial charge in [0.25, 0.3) is 0 Å². The van der Waals surface area contributed by atoms with Crippen LogP contribution in [0.15, 0.2) is 65.8 Å². The van der Waals surface area contributed by atoms with E-state index in [1.807, 2.05) is 24.3 Å². The molecule has 0 atom stereocenters. The number of hydrogen-bond donors (Lipinski definition) is 2. The molecule has 9 heteroatoms. The number of anilines is 1.